The van der Waals surface area contributed by atoms with Gasteiger partial charge in [-0.1, -0.05) is 17.7 Å². The monoisotopic (exact) mass is 287 g/mol. The minimum absolute atomic E-state index is 0.563. The Hall–Kier alpha value is -2.14. The number of anilines is 1. The predicted octanol–water partition coefficient (Wildman–Crippen LogP) is 3.01. The van der Waals surface area contributed by atoms with Crippen molar-refractivity contribution in [2.45, 2.75) is 20.4 Å². The zero-order valence-corrected chi connectivity index (χ0v) is 12.0. The average molecular weight is 288 g/mol. The van der Waals surface area contributed by atoms with Crippen LogP contribution in [0.2, 0.25) is 5.02 Å². The highest BCUT2D eigenvalue weighted by molar-refractivity contribution is 6.30. The van der Waals surface area contributed by atoms with Crippen molar-refractivity contribution in [1.82, 2.24) is 19.6 Å². The molecule has 0 aliphatic rings. The number of fused-ring (bicyclic) bond motifs is 1. The van der Waals surface area contributed by atoms with E-state index in [2.05, 4.69) is 20.5 Å². The quantitative estimate of drug-likeness (QED) is 0.804. The van der Waals surface area contributed by atoms with Crippen LogP contribution >= 0.6 is 11.6 Å². The number of aromatic nitrogens is 4. The van der Waals surface area contributed by atoms with Crippen LogP contribution in [0.25, 0.3) is 5.65 Å². The Morgan fingerprint density at radius 1 is 1.20 bits per heavy atom. The Kier molecular flexibility index (Phi) is 3.28. The number of benzene rings is 1. The molecule has 20 heavy (non-hydrogen) atoms. The van der Waals surface area contributed by atoms with Crippen LogP contribution in [-0.2, 0) is 6.54 Å². The van der Waals surface area contributed by atoms with Gasteiger partial charge >= 0.3 is 0 Å². The van der Waals surface area contributed by atoms with Gasteiger partial charge < -0.3 is 5.32 Å². The lowest BCUT2D eigenvalue weighted by Gasteiger charge is -2.07. The van der Waals surface area contributed by atoms with Gasteiger partial charge in [-0.15, -0.1) is 10.2 Å². The zero-order chi connectivity index (χ0) is 14.1. The number of aryl methyl sites for hydroxylation is 2. The first-order chi connectivity index (χ1) is 9.63. The summed E-state index contributed by atoms with van der Waals surface area (Å²) in [6.07, 6.45) is 0. The zero-order valence-electron chi connectivity index (χ0n) is 11.3. The van der Waals surface area contributed by atoms with Gasteiger partial charge in [0.2, 0.25) is 0 Å². The van der Waals surface area contributed by atoms with Gasteiger partial charge in [0.05, 0.1) is 6.54 Å². The van der Waals surface area contributed by atoms with Crippen molar-refractivity contribution >= 4 is 22.9 Å². The summed E-state index contributed by atoms with van der Waals surface area (Å²) >= 11 is 5.96. The van der Waals surface area contributed by atoms with Gasteiger partial charge in [-0.25, -0.2) is 4.98 Å². The summed E-state index contributed by atoms with van der Waals surface area (Å²) < 4.78 is 1.95. The van der Waals surface area contributed by atoms with Crippen molar-refractivity contribution in [2.75, 3.05) is 5.32 Å². The molecule has 0 unspecified atom stereocenters. The molecule has 0 atom stereocenters. The highest BCUT2D eigenvalue weighted by atomic mass is 35.5. The van der Waals surface area contributed by atoms with E-state index in [0.29, 0.717) is 11.6 Å². The summed E-state index contributed by atoms with van der Waals surface area (Å²) in [6, 6.07) is 9.51. The standard InChI is InChI=1S/C14H14ClN5/c1-9-6-13-18-19-14(20(13)10(2)17-9)8-16-12-5-3-4-11(15)7-12/h3-7,16H,8H2,1-2H3. The highest BCUT2D eigenvalue weighted by Crippen LogP contribution is 2.16. The molecule has 5 nitrogen and oxygen atoms in total. The van der Waals surface area contributed by atoms with Gasteiger partial charge in [0, 0.05) is 22.5 Å². The number of nitrogens with one attached hydrogen (secondary N) is 1. The molecule has 2 heterocycles. The van der Waals surface area contributed by atoms with Crippen molar-refractivity contribution < 1.29 is 0 Å². The maximum absolute atomic E-state index is 5.96. The molecule has 1 N–H and O–H groups in total. The summed E-state index contributed by atoms with van der Waals surface area (Å²) in [5.74, 6) is 1.71. The fourth-order valence-electron chi connectivity index (χ4n) is 2.19. The number of halogens is 1. The minimum Gasteiger partial charge on any atom is -0.378 e. The lowest BCUT2D eigenvalue weighted by Crippen LogP contribution is -2.07. The molecule has 0 saturated heterocycles. The minimum atomic E-state index is 0.563. The summed E-state index contributed by atoms with van der Waals surface area (Å²) in [6.45, 7) is 4.46. The Morgan fingerprint density at radius 2 is 2.05 bits per heavy atom. The lowest BCUT2D eigenvalue weighted by molar-refractivity contribution is 0.866. The third-order valence-corrected chi connectivity index (χ3v) is 3.27. The van der Waals surface area contributed by atoms with Crippen LogP contribution < -0.4 is 5.32 Å². The molecule has 3 rings (SSSR count). The second-order valence-electron chi connectivity index (χ2n) is 4.62. The SMILES string of the molecule is Cc1cc2nnc(CNc3cccc(Cl)c3)n2c(C)n1. The second kappa shape index (κ2) is 5.09. The number of hydrogen-bond donors (Lipinski definition) is 1. The van der Waals surface area contributed by atoms with Crippen molar-refractivity contribution in [3.05, 3.63) is 52.7 Å². The normalized spacial score (nSPS) is 10.9. The number of nitrogens with zero attached hydrogens (tertiary/aromatic N) is 4. The first-order valence-electron chi connectivity index (χ1n) is 6.31. The van der Waals surface area contributed by atoms with Crippen LogP contribution in [0.5, 0.6) is 0 Å². The van der Waals surface area contributed by atoms with E-state index in [1.807, 2.05) is 48.6 Å². The molecule has 3 aromatic rings. The van der Waals surface area contributed by atoms with Crippen LogP contribution in [0, 0.1) is 13.8 Å². The highest BCUT2D eigenvalue weighted by Gasteiger charge is 2.09. The van der Waals surface area contributed by atoms with E-state index < -0.39 is 0 Å². The van der Waals surface area contributed by atoms with Crippen LogP contribution in [0.4, 0.5) is 5.69 Å². The van der Waals surface area contributed by atoms with Crippen LogP contribution in [0.3, 0.4) is 0 Å². The molecule has 6 heteroatoms. The van der Waals surface area contributed by atoms with E-state index in [1.165, 1.54) is 0 Å². The maximum Gasteiger partial charge on any atom is 0.164 e. The molecule has 0 amide bonds. The third kappa shape index (κ3) is 2.44. The van der Waals surface area contributed by atoms with E-state index in [9.17, 15) is 0 Å². The molecular formula is C14H14ClN5. The Balaban J connectivity index is 1.88. The molecule has 0 saturated carbocycles. The molecule has 102 valence electrons. The van der Waals surface area contributed by atoms with Crippen molar-refractivity contribution in [3.63, 3.8) is 0 Å². The Morgan fingerprint density at radius 3 is 2.85 bits per heavy atom. The van der Waals surface area contributed by atoms with E-state index in [1.54, 1.807) is 0 Å². The van der Waals surface area contributed by atoms with Crippen molar-refractivity contribution in [3.8, 4) is 0 Å². The molecule has 0 fully saturated rings. The Bertz CT molecular complexity index is 765. The first kappa shape index (κ1) is 12.9. The van der Waals surface area contributed by atoms with Gasteiger partial charge in [-0.3, -0.25) is 4.40 Å². The van der Waals surface area contributed by atoms with Gasteiger partial charge in [0.1, 0.15) is 5.82 Å². The predicted molar refractivity (Wildman–Crippen MR) is 79.0 cm³/mol. The molecular weight excluding hydrogens is 274 g/mol. The molecule has 0 aliphatic heterocycles. The summed E-state index contributed by atoms with van der Waals surface area (Å²) in [5, 5.41) is 12.4. The first-order valence-corrected chi connectivity index (χ1v) is 6.69. The van der Waals surface area contributed by atoms with Crippen LogP contribution in [0.1, 0.15) is 17.3 Å². The lowest BCUT2D eigenvalue weighted by atomic mass is 10.3. The largest absolute Gasteiger partial charge is 0.378 e. The van der Waals surface area contributed by atoms with Gasteiger partial charge in [-0.05, 0) is 32.0 Å². The summed E-state index contributed by atoms with van der Waals surface area (Å²) in [5.41, 5.74) is 2.71. The van der Waals surface area contributed by atoms with E-state index in [4.69, 9.17) is 11.6 Å². The van der Waals surface area contributed by atoms with Gasteiger partial charge in [0.15, 0.2) is 11.5 Å². The van der Waals surface area contributed by atoms with Crippen LogP contribution in [-0.4, -0.2) is 19.6 Å². The molecule has 1 aromatic carbocycles. The Labute approximate surface area is 121 Å². The van der Waals surface area contributed by atoms with Crippen LogP contribution in [0.15, 0.2) is 30.3 Å². The molecule has 2 aromatic heterocycles. The van der Waals surface area contributed by atoms with Gasteiger partial charge in [0.25, 0.3) is 0 Å². The summed E-state index contributed by atoms with van der Waals surface area (Å²) in [4.78, 5) is 4.44. The van der Waals surface area contributed by atoms with Crippen molar-refractivity contribution in [1.29, 1.82) is 0 Å². The van der Waals surface area contributed by atoms with E-state index in [-0.39, 0.29) is 0 Å². The van der Waals surface area contributed by atoms with E-state index >= 15 is 0 Å². The van der Waals surface area contributed by atoms with Crippen molar-refractivity contribution in [2.24, 2.45) is 0 Å². The number of hydrogen-bond acceptors (Lipinski definition) is 4. The fraction of sp³-hybridized carbons (Fsp3) is 0.214. The summed E-state index contributed by atoms with van der Waals surface area (Å²) in [7, 11) is 0. The molecule has 0 radical (unpaired) electrons. The third-order valence-electron chi connectivity index (χ3n) is 3.03. The molecule has 0 aliphatic carbocycles. The second-order valence-corrected chi connectivity index (χ2v) is 5.05. The maximum atomic E-state index is 5.96. The molecule has 0 bridgehead atoms. The molecule has 0 spiro atoms. The van der Waals surface area contributed by atoms with Gasteiger partial charge in [-0.2, -0.15) is 0 Å². The topological polar surface area (TPSA) is 55.1 Å². The fourth-order valence-corrected chi connectivity index (χ4v) is 2.39. The van der Waals surface area contributed by atoms with E-state index in [0.717, 1.165) is 28.7 Å². The smallest absolute Gasteiger partial charge is 0.164 e. The number of rotatable bonds is 3. The average Bonchev–Trinajstić information content (AvgIpc) is 2.79.